The maximum absolute atomic E-state index is 5.23. The Balaban J connectivity index is 0.000000490. The molecule has 0 saturated heterocycles. The highest BCUT2D eigenvalue weighted by Crippen LogP contribution is 1.89. The summed E-state index contributed by atoms with van der Waals surface area (Å²) in [5, 5.41) is 8.60. The Hall–Kier alpha value is -0.940. The quantitative estimate of drug-likeness (QED) is 0.431. The fourth-order valence-electron chi connectivity index (χ4n) is 0.319. The van der Waals surface area contributed by atoms with Crippen LogP contribution in [0.1, 0.15) is 0 Å². The van der Waals surface area contributed by atoms with E-state index in [1.54, 1.807) is 12.4 Å². The summed E-state index contributed by atoms with van der Waals surface area (Å²) in [5.41, 5.74) is 0. The van der Waals surface area contributed by atoms with E-state index in [0.717, 1.165) is 0 Å². The van der Waals surface area contributed by atoms with Gasteiger partial charge in [0.05, 0.1) is 6.20 Å². The van der Waals surface area contributed by atoms with Gasteiger partial charge in [-0.05, 0) is 0 Å². The highest BCUT2D eigenvalue weighted by molar-refractivity contribution is 4.78. The molecule has 0 aliphatic carbocycles. The van der Waals surface area contributed by atoms with Crippen LogP contribution < -0.4 is 12.0 Å². The van der Waals surface area contributed by atoms with Crippen molar-refractivity contribution in [1.82, 2.24) is 11.2 Å². The van der Waals surface area contributed by atoms with E-state index in [0.29, 0.717) is 6.67 Å². The number of hydrogen-bond acceptors (Lipinski definition) is 4. The zero-order chi connectivity index (χ0) is 5.11. The van der Waals surface area contributed by atoms with Gasteiger partial charge in [0, 0.05) is 12.4 Å². The highest BCUT2D eigenvalue weighted by Gasteiger charge is 1.88. The molecule has 43 valence electrons. The fourth-order valence-corrected chi connectivity index (χ4v) is 0.319. The Morgan fingerprint density at radius 2 is 2.38 bits per heavy atom. The number of hydrazine groups is 1. The first-order valence-corrected chi connectivity index (χ1v) is 1.94. The standard InChI is InChI=1S/C3H6N4.N/c4-7-2-1-5-6-3-7;/h1-2H,3-4H2;. The fraction of sp³-hybridized carbons (Fsp3) is 0.333. The monoisotopic (exact) mass is 112 g/mol. The largest absolute Gasteiger partial charge is 0.293 e. The maximum Gasteiger partial charge on any atom is 0.145 e. The average Bonchev–Trinajstić information content (AvgIpc) is 1.69. The van der Waals surface area contributed by atoms with Crippen LogP contribution in [0.2, 0.25) is 0 Å². The van der Waals surface area contributed by atoms with E-state index in [9.17, 15) is 0 Å². The van der Waals surface area contributed by atoms with Crippen LogP contribution in [0.5, 0.6) is 0 Å². The molecular weight excluding hydrogens is 106 g/mol. The molecule has 1 rings (SSSR count). The summed E-state index contributed by atoms with van der Waals surface area (Å²) in [4.78, 5) is 0. The van der Waals surface area contributed by atoms with Crippen LogP contribution in [0.3, 0.4) is 0 Å². The molecular formula is C3H6N5. The summed E-state index contributed by atoms with van der Waals surface area (Å²) < 4.78 is 0. The minimum Gasteiger partial charge on any atom is -0.293 e. The summed E-state index contributed by atoms with van der Waals surface area (Å²) in [7, 11) is 0. The lowest BCUT2D eigenvalue weighted by Crippen LogP contribution is -2.25. The Morgan fingerprint density at radius 3 is 2.62 bits per heavy atom. The van der Waals surface area contributed by atoms with Crippen molar-refractivity contribution in [2.45, 2.75) is 0 Å². The van der Waals surface area contributed by atoms with E-state index in [1.165, 1.54) is 5.01 Å². The van der Waals surface area contributed by atoms with Crippen LogP contribution in [0.15, 0.2) is 22.6 Å². The maximum atomic E-state index is 5.23. The predicted octanol–water partition coefficient (Wildman–Crippen LogP) is -0.424. The van der Waals surface area contributed by atoms with Crippen LogP contribution in [0, 0.1) is 0 Å². The average molecular weight is 112 g/mol. The van der Waals surface area contributed by atoms with Gasteiger partial charge in [-0.25, -0.2) is 5.84 Å². The van der Waals surface area contributed by atoms with Gasteiger partial charge < -0.3 is 0 Å². The molecule has 0 aromatic rings. The Labute approximate surface area is 47.4 Å². The number of nitrogens with two attached hydrogens (primary N) is 1. The molecule has 0 fully saturated rings. The summed E-state index contributed by atoms with van der Waals surface area (Å²) >= 11 is 0. The molecule has 0 atom stereocenters. The van der Waals surface area contributed by atoms with Gasteiger partial charge in [-0.15, -0.1) is 0 Å². The number of nitrogens with zero attached hydrogens (tertiary/aromatic N) is 4. The Morgan fingerprint density at radius 1 is 1.62 bits per heavy atom. The van der Waals surface area contributed by atoms with E-state index >= 15 is 0 Å². The zero-order valence-corrected chi connectivity index (χ0v) is 4.23. The molecule has 3 radical (unpaired) electrons. The summed E-state index contributed by atoms with van der Waals surface area (Å²) in [6, 6.07) is 0. The van der Waals surface area contributed by atoms with Gasteiger partial charge in [-0.3, -0.25) is 5.01 Å². The molecule has 5 nitrogen and oxygen atoms in total. The van der Waals surface area contributed by atoms with Crippen molar-refractivity contribution < 1.29 is 0 Å². The number of rotatable bonds is 0. The first-order valence-electron chi connectivity index (χ1n) is 1.94. The molecule has 2 N–H and O–H groups in total. The molecule has 0 amide bonds. The predicted molar refractivity (Wildman–Crippen MR) is 27.0 cm³/mol. The molecule has 0 bridgehead atoms. The molecule has 1 heterocycles. The molecule has 0 unspecified atom stereocenters. The molecule has 0 aromatic heterocycles. The topological polar surface area (TPSA) is 84.5 Å². The summed E-state index contributed by atoms with van der Waals surface area (Å²) in [5.74, 6) is 5.23. The van der Waals surface area contributed by atoms with Gasteiger partial charge in [0.25, 0.3) is 0 Å². The van der Waals surface area contributed by atoms with Crippen LogP contribution in [-0.2, 0) is 0 Å². The lowest BCUT2D eigenvalue weighted by Gasteiger charge is -2.09. The highest BCUT2D eigenvalue weighted by atomic mass is 15.5. The SMILES string of the molecule is NN1C=CN=NC1.[N]. The van der Waals surface area contributed by atoms with Gasteiger partial charge >= 0.3 is 0 Å². The minimum atomic E-state index is 0. The Kier molecular flexibility index (Phi) is 2.75. The van der Waals surface area contributed by atoms with Gasteiger partial charge in [-0.2, -0.15) is 10.2 Å². The first kappa shape index (κ1) is 7.06. The third-order valence-electron chi connectivity index (χ3n) is 0.633. The van der Waals surface area contributed by atoms with Crippen LogP contribution in [0.25, 0.3) is 0 Å². The third-order valence-corrected chi connectivity index (χ3v) is 0.633. The first-order chi connectivity index (χ1) is 3.39. The Bertz CT molecular complexity index is 106. The molecule has 0 aromatic carbocycles. The lowest BCUT2D eigenvalue weighted by molar-refractivity contribution is 0.388. The lowest BCUT2D eigenvalue weighted by atomic mass is 10.8. The molecule has 0 saturated carbocycles. The van der Waals surface area contributed by atoms with Gasteiger partial charge in [-0.1, -0.05) is 0 Å². The van der Waals surface area contributed by atoms with Crippen molar-refractivity contribution in [2.75, 3.05) is 6.67 Å². The van der Waals surface area contributed by atoms with Crippen molar-refractivity contribution in [1.29, 1.82) is 0 Å². The minimum absolute atomic E-state index is 0. The van der Waals surface area contributed by atoms with Gasteiger partial charge in [0.2, 0.25) is 0 Å². The molecule has 1 aliphatic rings. The second-order valence-corrected chi connectivity index (χ2v) is 1.21. The van der Waals surface area contributed by atoms with Crippen LogP contribution >= 0.6 is 0 Å². The van der Waals surface area contributed by atoms with Crippen molar-refractivity contribution in [3.8, 4) is 0 Å². The van der Waals surface area contributed by atoms with E-state index in [4.69, 9.17) is 5.84 Å². The zero-order valence-electron chi connectivity index (χ0n) is 4.23. The van der Waals surface area contributed by atoms with Crippen LogP contribution in [-0.4, -0.2) is 11.7 Å². The molecule has 8 heavy (non-hydrogen) atoms. The normalized spacial score (nSPS) is 15.9. The van der Waals surface area contributed by atoms with E-state index in [2.05, 4.69) is 10.2 Å². The van der Waals surface area contributed by atoms with Gasteiger partial charge in [0.1, 0.15) is 6.67 Å². The van der Waals surface area contributed by atoms with Gasteiger partial charge in [0.15, 0.2) is 0 Å². The van der Waals surface area contributed by atoms with Crippen LogP contribution in [0.4, 0.5) is 0 Å². The van der Waals surface area contributed by atoms with Crippen molar-refractivity contribution in [3.63, 3.8) is 0 Å². The molecule has 5 heteroatoms. The number of azo groups is 1. The van der Waals surface area contributed by atoms with E-state index < -0.39 is 0 Å². The second kappa shape index (κ2) is 3.11. The summed E-state index contributed by atoms with van der Waals surface area (Å²) in [6.45, 7) is 0.469. The molecule has 0 spiro atoms. The van der Waals surface area contributed by atoms with E-state index in [1.807, 2.05) is 0 Å². The summed E-state index contributed by atoms with van der Waals surface area (Å²) in [6.07, 6.45) is 3.20. The second-order valence-electron chi connectivity index (χ2n) is 1.21. The van der Waals surface area contributed by atoms with E-state index in [-0.39, 0.29) is 6.15 Å². The third kappa shape index (κ3) is 1.67. The van der Waals surface area contributed by atoms with Crippen molar-refractivity contribution in [3.05, 3.63) is 12.4 Å². The van der Waals surface area contributed by atoms with Crippen molar-refractivity contribution >= 4 is 0 Å². The smallest absolute Gasteiger partial charge is 0.145 e. The number of hydrogen-bond donors (Lipinski definition) is 1. The molecule has 1 aliphatic heterocycles. The van der Waals surface area contributed by atoms with Crippen molar-refractivity contribution in [2.24, 2.45) is 16.1 Å².